The summed E-state index contributed by atoms with van der Waals surface area (Å²) < 4.78 is 36.6. The number of carbonyl (C=O) groups is 2. The van der Waals surface area contributed by atoms with Gasteiger partial charge in [-0.15, -0.1) is 0 Å². The first-order valence-electron chi connectivity index (χ1n) is 8.88. The number of dihydropyridines is 1. The molecule has 152 valence electrons. The maximum Gasteiger partial charge on any atom is 0.336 e. The van der Waals surface area contributed by atoms with Crippen LogP contribution in [0.4, 0.5) is 8.78 Å². The van der Waals surface area contributed by atoms with E-state index in [9.17, 15) is 18.4 Å². The highest BCUT2D eigenvalue weighted by Crippen LogP contribution is 2.43. The molecule has 0 saturated carbocycles. The molecule has 8 heteroatoms. The highest BCUT2D eigenvalue weighted by atomic mass is 32.2. The van der Waals surface area contributed by atoms with Crippen LogP contribution in [0.15, 0.2) is 51.7 Å². The van der Waals surface area contributed by atoms with Crippen LogP contribution < -0.4 is 5.32 Å². The van der Waals surface area contributed by atoms with Crippen molar-refractivity contribution in [1.29, 1.82) is 0 Å². The van der Waals surface area contributed by atoms with Crippen molar-refractivity contribution in [2.45, 2.75) is 44.3 Å². The number of allylic oxidation sites excluding steroid dienone is 2. The second-order valence-corrected chi connectivity index (χ2v) is 7.02. The summed E-state index contributed by atoms with van der Waals surface area (Å²) in [5, 5.41) is 3.02. The summed E-state index contributed by atoms with van der Waals surface area (Å²) >= 11 is 0.372. The van der Waals surface area contributed by atoms with Crippen molar-refractivity contribution in [1.82, 2.24) is 5.32 Å². The molecule has 0 radical (unpaired) electrons. The molecule has 28 heavy (non-hydrogen) atoms. The van der Waals surface area contributed by atoms with Gasteiger partial charge >= 0.3 is 11.9 Å². The number of hydrogen-bond donors (Lipinski definition) is 1. The maximum atomic E-state index is 13.1. The summed E-state index contributed by atoms with van der Waals surface area (Å²) in [6.45, 7) is 7.02. The molecule has 0 amide bonds. The van der Waals surface area contributed by atoms with E-state index in [0.29, 0.717) is 28.7 Å². The average molecular weight is 411 g/mol. The van der Waals surface area contributed by atoms with Crippen LogP contribution >= 0.6 is 11.8 Å². The molecule has 1 aliphatic rings. The Morgan fingerprint density at radius 3 is 2.00 bits per heavy atom. The molecule has 1 heterocycles. The van der Waals surface area contributed by atoms with E-state index in [2.05, 4.69) is 5.32 Å². The van der Waals surface area contributed by atoms with Crippen molar-refractivity contribution in [2.24, 2.45) is 0 Å². The Hall–Kier alpha value is -2.35. The fourth-order valence-corrected chi connectivity index (χ4v) is 3.86. The Kier molecular flexibility index (Phi) is 7.62. The van der Waals surface area contributed by atoms with Gasteiger partial charge in [-0.3, -0.25) is 0 Å². The first-order chi connectivity index (χ1) is 13.3. The molecule has 0 atom stereocenters. The lowest BCUT2D eigenvalue weighted by atomic mass is 9.80. The number of alkyl halides is 2. The molecule has 0 unspecified atom stereocenters. The van der Waals surface area contributed by atoms with E-state index in [1.165, 1.54) is 0 Å². The SMILES string of the molecule is CCOC(=O)C1=C(C)NC(C)=C(C(=O)OCC)C1c1ccccc1SC(F)F. The van der Waals surface area contributed by atoms with Crippen molar-refractivity contribution < 1.29 is 27.8 Å². The molecule has 1 aliphatic heterocycles. The van der Waals surface area contributed by atoms with Gasteiger partial charge in [0.1, 0.15) is 0 Å². The second-order valence-electron chi connectivity index (χ2n) is 5.99. The minimum atomic E-state index is -2.64. The van der Waals surface area contributed by atoms with Gasteiger partial charge in [0.25, 0.3) is 5.76 Å². The summed E-state index contributed by atoms with van der Waals surface area (Å²) in [6.07, 6.45) is 0. The number of rotatable bonds is 7. The van der Waals surface area contributed by atoms with Gasteiger partial charge in [0.2, 0.25) is 0 Å². The summed E-state index contributed by atoms with van der Waals surface area (Å²) in [5.41, 5.74) is 1.85. The van der Waals surface area contributed by atoms with Crippen LogP contribution in [0.5, 0.6) is 0 Å². The van der Waals surface area contributed by atoms with E-state index in [0.717, 1.165) is 0 Å². The Morgan fingerprint density at radius 1 is 1.04 bits per heavy atom. The maximum absolute atomic E-state index is 13.1. The van der Waals surface area contributed by atoms with Gasteiger partial charge < -0.3 is 14.8 Å². The van der Waals surface area contributed by atoms with Crippen LogP contribution in [0.25, 0.3) is 0 Å². The molecule has 0 fully saturated rings. The topological polar surface area (TPSA) is 64.6 Å². The number of halogens is 2. The Morgan fingerprint density at radius 2 is 1.54 bits per heavy atom. The van der Waals surface area contributed by atoms with E-state index >= 15 is 0 Å². The third-order valence-corrected chi connectivity index (χ3v) is 5.00. The number of carbonyl (C=O) groups excluding carboxylic acids is 2. The zero-order valence-corrected chi connectivity index (χ0v) is 17.0. The van der Waals surface area contributed by atoms with Gasteiger partial charge in [0.15, 0.2) is 0 Å². The lowest BCUT2D eigenvalue weighted by Gasteiger charge is -2.31. The van der Waals surface area contributed by atoms with E-state index in [-0.39, 0.29) is 29.3 Å². The van der Waals surface area contributed by atoms with Crippen LogP contribution in [-0.2, 0) is 19.1 Å². The fraction of sp³-hybridized carbons (Fsp3) is 0.400. The average Bonchev–Trinajstić information content (AvgIpc) is 2.61. The number of benzene rings is 1. The van der Waals surface area contributed by atoms with Gasteiger partial charge in [-0.1, -0.05) is 30.0 Å². The second kappa shape index (κ2) is 9.73. The largest absolute Gasteiger partial charge is 0.463 e. The number of thioether (sulfide) groups is 1. The van der Waals surface area contributed by atoms with Crippen molar-refractivity contribution in [3.05, 3.63) is 52.4 Å². The lowest BCUT2D eigenvalue weighted by molar-refractivity contribution is -0.139. The first-order valence-corrected chi connectivity index (χ1v) is 9.76. The molecule has 1 aromatic carbocycles. The monoisotopic (exact) mass is 411 g/mol. The van der Waals surface area contributed by atoms with Gasteiger partial charge in [-0.05, 0) is 39.3 Å². The first kappa shape index (κ1) is 21.9. The third kappa shape index (κ3) is 4.73. The highest BCUT2D eigenvalue weighted by Gasteiger charge is 2.39. The summed E-state index contributed by atoms with van der Waals surface area (Å²) in [5.74, 6) is -4.73. The van der Waals surface area contributed by atoms with Crippen molar-refractivity contribution >= 4 is 23.7 Å². The number of nitrogens with one attached hydrogen (secondary N) is 1. The molecular formula is C20H23F2NO4S. The van der Waals surface area contributed by atoms with E-state index in [1.807, 2.05) is 0 Å². The van der Waals surface area contributed by atoms with Gasteiger partial charge in [0.05, 0.1) is 30.3 Å². The Bertz CT molecular complexity index is 780. The van der Waals surface area contributed by atoms with Crippen molar-refractivity contribution in [3.63, 3.8) is 0 Å². The molecule has 1 N–H and O–H groups in total. The molecule has 1 aromatic rings. The molecule has 5 nitrogen and oxygen atoms in total. The van der Waals surface area contributed by atoms with E-state index < -0.39 is 23.6 Å². The molecule has 2 rings (SSSR count). The molecular weight excluding hydrogens is 388 g/mol. The van der Waals surface area contributed by atoms with Crippen LogP contribution in [-0.4, -0.2) is 30.9 Å². The molecule has 0 aliphatic carbocycles. The smallest absolute Gasteiger partial charge is 0.336 e. The lowest BCUT2D eigenvalue weighted by Crippen LogP contribution is -2.32. The molecule has 0 spiro atoms. The number of ether oxygens (including phenoxy) is 2. The number of hydrogen-bond acceptors (Lipinski definition) is 6. The van der Waals surface area contributed by atoms with E-state index in [1.54, 1.807) is 52.0 Å². The van der Waals surface area contributed by atoms with Crippen molar-refractivity contribution in [2.75, 3.05) is 13.2 Å². The molecule has 0 aromatic heterocycles. The Labute approximate surface area is 167 Å². The summed E-state index contributed by atoms with van der Waals surface area (Å²) in [4.78, 5) is 25.7. The minimum Gasteiger partial charge on any atom is -0.463 e. The van der Waals surface area contributed by atoms with Crippen LogP contribution in [0.1, 0.15) is 39.2 Å². The van der Waals surface area contributed by atoms with Gasteiger partial charge in [-0.2, -0.15) is 8.78 Å². The zero-order valence-electron chi connectivity index (χ0n) is 16.2. The summed E-state index contributed by atoms with van der Waals surface area (Å²) in [7, 11) is 0. The minimum absolute atomic E-state index is 0.146. The Balaban J connectivity index is 2.70. The van der Waals surface area contributed by atoms with Crippen LogP contribution in [0.3, 0.4) is 0 Å². The molecule has 0 saturated heterocycles. The highest BCUT2D eigenvalue weighted by molar-refractivity contribution is 7.99. The van der Waals surface area contributed by atoms with Crippen LogP contribution in [0.2, 0.25) is 0 Å². The molecule has 0 bridgehead atoms. The summed E-state index contributed by atoms with van der Waals surface area (Å²) in [6, 6.07) is 6.50. The fourth-order valence-electron chi connectivity index (χ4n) is 3.19. The van der Waals surface area contributed by atoms with E-state index in [4.69, 9.17) is 9.47 Å². The quantitative estimate of drug-likeness (QED) is 0.531. The van der Waals surface area contributed by atoms with Crippen LogP contribution in [0, 0.1) is 0 Å². The normalized spacial score (nSPS) is 15.0. The van der Waals surface area contributed by atoms with Gasteiger partial charge in [-0.25, -0.2) is 9.59 Å². The third-order valence-electron chi connectivity index (χ3n) is 4.20. The van der Waals surface area contributed by atoms with Gasteiger partial charge in [0, 0.05) is 16.3 Å². The predicted octanol–water partition coefficient (Wildman–Crippen LogP) is 4.36. The standard InChI is InChI=1S/C20H23F2NO4S/c1-5-26-18(24)15-11(3)23-12(4)16(19(25)27-6-2)17(15)13-9-7-8-10-14(13)28-20(21)22/h7-10,17,20,23H,5-6H2,1-4H3. The zero-order chi connectivity index (χ0) is 20.8. The van der Waals surface area contributed by atoms with Crippen molar-refractivity contribution in [3.8, 4) is 0 Å². The predicted molar refractivity (Wildman–Crippen MR) is 103 cm³/mol. The number of esters is 2.